The summed E-state index contributed by atoms with van der Waals surface area (Å²) in [5.74, 6) is 0.516. The molecule has 0 fully saturated rings. The lowest BCUT2D eigenvalue weighted by molar-refractivity contribution is -0.172. The monoisotopic (exact) mass is 278 g/mol. The average molecular weight is 278 g/mol. The number of allylic oxidation sites excluding steroid dienone is 2. The molecule has 0 unspecified atom stereocenters. The Morgan fingerprint density at radius 3 is 3.00 bits per heavy atom. The van der Waals surface area contributed by atoms with Crippen LogP contribution in [0.15, 0.2) is 28.8 Å². The Morgan fingerprint density at radius 1 is 1.47 bits per heavy atom. The van der Waals surface area contributed by atoms with Gasteiger partial charge in [0.15, 0.2) is 5.78 Å². The zero-order valence-electron chi connectivity index (χ0n) is 10.5. The van der Waals surface area contributed by atoms with E-state index in [0.717, 1.165) is 10.5 Å². The zero-order valence-corrected chi connectivity index (χ0v) is 11.4. The van der Waals surface area contributed by atoms with Gasteiger partial charge in [0.2, 0.25) is 6.29 Å². The van der Waals surface area contributed by atoms with Gasteiger partial charge in [-0.05, 0) is 11.4 Å². The molecule has 1 aromatic heterocycles. The van der Waals surface area contributed by atoms with E-state index in [4.69, 9.17) is 9.47 Å². The molecular formula is C14H14O4S. The molecule has 5 heteroatoms. The Balaban J connectivity index is 1.93. The molecule has 0 bridgehead atoms. The number of thiophene rings is 1. The van der Waals surface area contributed by atoms with Crippen molar-refractivity contribution in [1.82, 2.24) is 0 Å². The molecule has 0 N–H and O–H groups in total. The van der Waals surface area contributed by atoms with Gasteiger partial charge in [0, 0.05) is 42.6 Å². The van der Waals surface area contributed by atoms with Gasteiger partial charge in [-0.1, -0.05) is 6.07 Å². The van der Waals surface area contributed by atoms with Crippen LogP contribution in [0.5, 0.6) is 0 Å². The van der Waals surface area contributed by atoms with Gasteiger partial charge in [-0.3, -0.25) is 9.59 Å². The highest BCUT2D eigenvalue weighted by Gasteiger charge is 2.40. The van der Waals surface area contributed by atoms with Crippen molar-refractivity contribution in [2.24, 2.45) is 0 Å². The predicted molar refractivity (Wildman–Crippen MR) is 69.6 cm³/mol. The van der Waals surface area contributed by atoms with E-state index in [0.29, 0.717) is 25.0 Å². The number of carbonyl (C=O) groups excluding carboxylic acids is 2. The van der Waals surface area contributed by atoms with E-state index in [9.17, 15) is 9.59 Å². The lowest BCUT2D eigenvalue weighted by atomic mass is 9.90. The number of hydrogen-bond acceptors (Lipinski definition) is 5. The average Bonchev–Trinajstić information content (AvgIpc) is 2.98. The second-order valence-corrected chi connectivity index (χ2v) is 5.70. The molecule has 2 atom stereocenters. The Morgan fingerprint density at radius 2 is 2.32 bits per heavy atom. The summed E-state index contributed by atoms with van der Waals surface area (Å²) in [4.78, 5) is 24.2. The Bertz CT molecular complexity index is 544. The number of carbonyl (C=O) groups is 2. The number of ether oxygens (including phenoxy) is 2. The molecule has 3 rings (SSSR count). The van der Waals surface area contributed by atoms with Crippen molar-refractivity contribution in [2.45, 2.75) is 38.4 Å². The second kappa shape index (κ2) is 4.81. The first-order chi connectivity index (χ1) is 9.15. The largest absolute Gasteiger partial charge is 0.459 e. The van der Waals surface area contributed by atoms with E-state index >= 15 is 0 Å². The van der Waals surface area contributed by atoms with Crippen LogP contribution in [-0.2, 0) is 19.1 Å². The van der Waals surface area contributed by atoms with Crippen LogP contribution >= 0.6 is 11.3 Å². The van der Waals surface area contributed by atoms with Gasteiger partial charge in [0.25, 0.3) is 0 Å². The molecule has 19 heavy (non-hydrogen) atoms. The smallest absolute Gasteiger partial charge is 0.305 e. The number of esters is 1. The fourth-order valence-corrected chi connectivity index (χ4v) is 3.54. The van der Waals surface area contributed by atoms with Crippen LogP contribution in [0.25, 0.3) is 0 Å². The Hall–Kier alpha value is -1.62. The Labute approximate surface area is 115 Å². The highest BCUT2D eigenvalue weighted by molar-refractivity contribution is 7.10. The molecule has 0 aromatic carbocycles. The first kappa shape index (κ1) is 12.4. The van der Waals surface area contributed by atoms with Gasteiger partial charge in [0.05, 0.1) is 0 Å². The lowest BCUT2D eigenvalue weighted by Gasteiger charge is -2.30. The maximum atomic E-state index is 12.0. The maximum absolute atomic E-state index is 12.0. The van der Waals surface area contributed by atoms with Crippen molar-refractivity contribution in [3.8, 4) is 0 Å². The summed E-state index contributed by atoms with van der Waals surface area (Å²) in [6, 6.07) is 3.98. The molecule has 0 radical (unpaired) electrons. The minimum Gasteiger partial charge on any atom is -0.459 e. The second-order valence-electron chi connectivity index (χ2n) is 4.72. The predicted octanol–water partition coefficient (Wildman–Crippen LogP) is 2.76. The van der Waals surface area contributed by atoms with E-state index in [1.165, 1.54) is 6.92 Å². The van der Waals surface area contributed by atoms with E-state index < -0.39 is 6.29 Å². The molecule has 0 saturated heterocycles. The van der Waals surface area contributed by atoms with Crippen molar-refractivity contribution >= 4 is 23.1 Å². The fraction of sp³-hybridized carbons (Fsp3) is 0.429. The van der Waals surface area contributed by atoms with Gasteiger partial charge in [-0.15, -0.1) is 11.3 Å². The van der Waals surface area contributed by atoms with Crippen LogP contribution in [-0.4, -0.2) is 18.0 Å². The summed E-state index contributed by atoms with van der Waals surface area (Å²) in [6.07, 6.45) is 1.06. The molecule has 100 valence electrons. The van der Waals surface area contributed by atoms with Gasteiger partial charge >= 0.3 is 5.97 Å². The van der Waals surface area contributed by atoms with Gasteiger partial charge in [-0.2, -0.15) is 0 Å². The number of Topliss-reactive ketones (excluding diaryl/α,β-unsaturated/α-hetero) is 1. The molecule has 1 aliphatic carbocycles. The number of hydrogen-bond donors (Lipinski definition) is 0. The summed E-state index contributed by atoms with van der Waals surface area (Å²) in [5.41, 5.74) is 0.783. The summed E-state index contributed by atoms with van der Waals surface area (Å²) in [7, 11) is 0. The molecular weight excluding hydrogens is 264 g/mol. The highest BCUT2D eigenvalue weighted by atomic mass is 32.1. The van der Waals surface area contributed by atoms with Crippen molar-refractivity contribution in [1.29, 1.82) is 0 Å². The topological polar surface area (TPSA) is 52.6 Å². The molecule has 2 aliphatic rings. The van der Waals surface area contributed by atoms with Gasteiger partial charge < -0.3 is 9.47 Å². The van der Waals surface area contributed by atoms with Crippen LogP contribution in [0.2, 0.25) is 0 Å². The maximum Gasteiger partial charge on any atom is 0.305 e. The normalized spacial score (nSPS) is 26.1. The fourth-order valence-electron chi connectivity index (χ4n) is 2.69. The minimum absolute atomic E-state index is 0.00287. The Kier molecular flexibility index (Phi) is 3.14. The van der Waals surface area contributed by atoms with E-state index in [2.05, 4.69) is 0 Å². The van der Waals surface area contributed by atoms with Crippen molar-refractivity contribution in [3.63, 3.8) is 0 Å². The van der Waals surface area contributed by atoms with E-state index in [1.54, 1.807) is 11.3 Å². The number of rotatable bonds is 2. The van der Waals surface area contributed by atoms with Crippen molar-refractivity contribution in [2.75, 3.05) is 0 Å². The molecule has 2 heterocycles. The van der Waals surface area contributed by atoms with Crippen LogP contribution in [0, 0.1) is 0 Å². The first-order valence-electron chi connectivity index (χ1n) is 6.28. The molecule has 4 nitrogen and oxygen atoms in total. The van der Waals surface area contributed by atoms with Crippen LogP contribution in [0.3, 0.4) is 0 Å². The molecule has 0 amide bonds. The van der Waals surface area contributed by atoms with E-state index in [-0.39, 0.29) is 17.7 Å². The standard InChI is InChI=1S/C14H14O4S/c1-8(15)17-13-7-9(12-3-2-6-19-12)14-10(16)4-5-11(14)18-13/h2-3,6,9,13H,4-5,7H2,1H3/t9-,13-/m0/s1. The van der Waals surface area contributed by atoms with Crippen molar-refractivity contribution in [3.05, 3.63) is 33.7 Å². The molecule has 1 aliphatic heterocycles. The van der Waals surface area contributed by atoms with Crippen LogP contribution in [0.1, 0.15) is 37.0 Å². The highest BCUT2D eigenvalue weighted by Crippen LogP contribution is 2.44. The van der Waals surface area contributed by atoms with Crippen LogP contribution < -0.4 is 0 Å². The summed E-state index contributed by atoms with van der Waals surface area (Å²) < 4.78 is 10.8. The van der Waals surface area contributed by atoms with Crippen LogP contribution in [0.4, 0.5) is 0 Å². The third-order valence-corrected chi connectivity index (χ3v) is 4.40. The summed E-state index contributed by atoms with van der Waals surface area (Å²) >= 11 is 1.62. The van der Waals surface area contributed by atoms with E-state index in [1.807, 2.05) is 17.5 Å². The third kappa shape index (κ3) is 2.30. The summed E-state index contributed by atoms with van der Waals surface area (Å²) in [5, 5.41) is 1.99. The van der Waals surface area contributed by atoms with Crippen molar-refractivity contribution < 1.29 is 19.1 Å². The quantitative estimate of drug-likeness (QED) is 0.781. The number of ketones is 1. The molecule has 0 saturated carbocycles. The minimum atomic E-state index is -0.575. The first-order valence-corrected chi connectivity index (χ1v) is 7.16. The lowest BCUT2D eigenvalue weighted by Crippen LogP contribution is -2.28. The zero-order chi connectivity index (χ0) is 13.4. The third-order valence-electron chi connectivity index (χ3n) is 3.41. The van der Waals surface area contributed by atoms with Gasteiger partial charge in [-0.25, -0.2) is 0 Å². The molecule has 1 aromatic rings. The SMILES string of the molecule is CC(=O)O[C@@H]1C[C@@H](c2cccs2)C2=C(CCC2=O)O1. The van der Waals surface area contributed by atoms with Gasteiger partial charge in [0.1, 0.15) is 5.76 Å². The molecule has 0 spiro atoms. The summed E-state index contributed by atoms with van der Waals surface area (Å²) in [6.45, 7) is 1.37.